The molecule has 9 heteroatoms. The summed E-state index contributed by atoms with van der Waals surface area (Å²) in [5.41, 5.74) is 1.45. The molecule has 0 radical (unpaired) electrons. The van der Waals surface area contributed by atoms with Gasteiger partial charge in [-0.2, -0.15) is 0 Å². The molecule has 2 heterocycles. The van der Waals surface area contributed by atoms with E-state index in [9.17, 15) is 9.18 Å². The Bertz CT molecular complexity index is 727. The smallest absolute Gasteiger partial charge is 0.222 e. The van der Waals surface area contributed by atoms with Crippen LogP contribution in [0.2, 0.25) is 0 Å². The van der Waals surface area contributed by atoms with Gasteiger partial charge in [-0.15, -0.1) is 24.0 Å². The Labute approximate surface area is 195 Å². The fraction of sp³-hybridized carbons (Fsp3) is 0.619. The number of aliphatic imine (C=N–C) groups is 1. The minimum Gasteiger partial charge on any atom is -0.378 e. The number of amides is 1. The SMILES string of the molecule is CCNC(=NCc1ccc(N2CCOCC2)c(F)c1)NC1CCN(C(=O)CC)C1.I. The highest BCUT2D eigenvalue weighted by atomic mass is 127. The normalized spacial score (nSPS) is 19.4. The molecule has 0 aromatic heterocycles. The molecule has 1 unspecified atom stereocenters. The molecule has 0 bridgehead atoms. The Morgan fingerprint density at radius 2 is 2.03 bits per heavy atom. The molecule has 1 aromatic rings. The van der Waals surface area contributed by atoms with Crippen LogP contribution < -0.4 is 15.5 Å². The van der Waals surface area contributed by atoms with Gasteiger partial charge in [-0.1, -0.05) is 13.0 Å². The van der Waals surface area contributed by atoms with Crippen LogP contribution in [0.3, 0.4) is 0 Å². The van der Waals surface area contributed by atoms with E-state index in [0.29, 0.717) is 57.5 Å². The number of nitrogens with one attached hydrogen (secondary N) is 2. The van der Waals surface area contributed by atoms with E-state index >= 15 is 0 Å². The van der Waals surface area contributed by atoms with Crippen LogP contribution in [0.15, 0.2) is 23.2 Å². The average molecular weight is 533 g/mol. The lowest BCUT2D eigenvalue weighted by atomic mass is 10.1. The molecule has 7 nitrogen and oxygen atoms in total. The van der Waals surface area contributed by atoms with Crippen LogP contribution in [0.1, 0.15) is 32.3 Å². The van der Waals surface area contributed by atoms with Crippen LogP contribution >= 0.6 is 24.0 Å². The van der Waals surface area contributed by atoms with E-state index < -0.39 is 0 Å². The molecule has 2 aliphatic heterocycles. The predicted octanol–water partition coefficient (Wildman–Crippen LogP) is 2.35. The van der Waals surface area contributed by atoms with Crippen LogP contribution in [-0.4, -0.2) is 68.7 Å². The fourth-order valence-electron chi connectivity index (χ4n) is 3.72. The first-order valence-electron chi connectivity index (χ1n) is 10.5. The molecule has 2 aliphatic rings. The zero-order valence-corrected chi connectivity index (χ0v) is 20.2. The molecule has 1 atom stereocenters. The Hall–Kier alpha value is -1.62. The molecule has 0 aliphatic carbocycles. The molecule has 2 saturated heterocycles. The van der Waals surface area contributed by atoms with Crippen molar-refractivity contribution in [3.63, 3.8) is 0 Å². The van der Waals surface area contributed by atoms with Crippen molar-refractivity contribution in [3.05, 3.63) is 29.6 Å². The van der Waals surface area contributed by atoms with Gasteiger partial charge >= 0.3 is 0 Å². The minimum absolute atomic E-state index is 0. The van der Waals surface area contributed by atoms with Crippen molar-refractivity contribution in [3.8, 4) is 0 Å². The summed E-state index contributed by atoms with van der Waals surface area (Å²) in [7, 11) is 0. The lowest BCUT2D eigenvalue weighted by Crippen LogP contribution is -2.45. The van der Waals surface area contributed by atoms with Crippen molar-refractivity contribution in [2.75, 3.05) is 50.8 Å². The van der Waals surface area contributed by atoms with Crippen molar-refractivity contribution in [1.29, 1.82) is 0 Å². The molecule has 2 N–H and O–H groups in total. The van der Waals surface area contributed by atoms with E-state index in [1.165, 1.54) is 0 Å². The van der Waals surface area contributed by atoms with Gasteiger partial charge in [0.1, 0.15) is 5.82 Å². The third-order valence-electron chi connectivity index (χ3n) is 5.31. The number of ether oxygens (including phenoxy) is 1. The maximum absolute atomic E-state index is 14.6. The van der Waals surface area contributed by atoms with Gasteiger partial charge in [-0.05, 0) is 31.0 Å². The number of rotatable bonds is 6. The zero-order valence-electron chi connectivity index (χ0n) is 17.8. The van der Waals surface area contributed by atoms with E-state index in [2.05, 4.69) is 15.6 Å². The molecule has 30 heavy (non-hydrogen) atoms. The largest absolute Gasteiger partial charge is 0.378 e. The third-order valence-corrected chi connectivity index (χ3v) is 5.31. The second kappa shape index (κ2) is 12.3. The summed E-state index contributed by atoms with van der Waals surface area (Å²) in [4.78, 5) is 20.4. The van der Waals surface area contributed by atoms with Gasteiger partial charge in [0.15, 0.2) is 5.96 Å². The second-order valence-corrected chi connectivity index (χ2v) is 7.40. The molecule has 0 spiro atoms. The van der Waals surface area contributed by atoms with E-state index in [4.69, 9.17) is 4.74 Å². The van der Waals surface area contributed by atoms with Gasteiger partial charge in [0.05, 0.1) is 25.4 Å². The quantitative estimate of drug-likeness (QED) is 0.334. The monoisotopic (exact) mass is 533 g/mol. The van der Waals surface area contributed by atoms with E-state index in [-0.39, 0.29) is 41.7 Å². The highest BCUT2D eigenvalue weighted by Crippen LogP contribution is 2.22. The lowest BCUT2D eigenvalue weighted by Gasteiger charge is -2.29. The van der Waals surface area contributed by atoms with Gasteiger partial charge in [0.2, 0.25) is 5.91 Å². The number of nitrogens with zero attached hydrogens (tertiary/aromatic N) is 3. The van der Waals surface area contributed by atoms with Gasteiger partial charge < -0.3 is 25.2 Å². The first kappa shape index (κ1) is 24.6. The van der Waals surface area contributed by atoms with E-state index in [0.717, 1.165) is 25.1 Å². The summed E-state index contributed by atoms with van der Waals surface area (Å²) in [6, 6.07) is 5.51. The molecule has 1 aromatic carbocycles. The van der Waals surface area contributed by atoms with Gasteiger partial charge in [-0.25, -0.2) is 9.38 Å². The number of benzene rings is 1. The number of carbonyl (C=O) groups is 1. The Kier molecular flexibility index (Phi) is 10.1. The second-order valence-electron chi connectivity index (χ2n) is 7.40. The Morgan fingerprint density at radius 3 is 2.70 bits per heavy atom. The molecule has 168 valence electrons. The summed E-state index contributed by atoms with van der Waals surface area (Å²) >= 11 is 0. The first-order chi connectivity index (χ1) is 14.1. The molecule has 0 saturated carbocycles. The zero-order chi connectivity index (χ0) is 20.6. The average Bonchev–Trinajstić information content (AvgIpc) is 3.21. The van der Waals surface area contributed by atoms with E-state index in [1.807, 2.05) is 35.8 Å². The van der Waals surface area contributed by atoms with E-state index in [1.54, 1.807) is 6.07 Å². The van der Waals surface area contributed by atoms with Crippen LogP contribution in [-0.2, 0) is 16.1 Å². The van der Waals surface area contributed by atoms with Crippen molar-refractivity contribution in [2.24, 2.45) is 4.99 Å². The number of likely N-dealkylation sites (tertiary alicyclic amines) is 1. The topological polar surface area (TPSA) is 69.2 Å². The number of carbonyl (C=O) groups excluding carboxylic acids is 1. The van der Waals surface area contributed by atoms with Crippen LogP contribution in [0.4, 0.5) is 10.1 Å². The number of halogens is 2. The summed E-state index contributed by atoms with van der Waals surface area (Å²) in [5, 5.41) is 6.64. The summed E-state index contributed by atoms with van der Waals surface area (Å²) in [5.74, 6) is 0.662. The molecular formula is C21H33FIN5O2. The predicted molar refractivity (Wildman–Crippen MR) is 128 cm³/mol. The van der Waals surface area contributed by atoms with Crippen LogP contribution in [0.25, 0.3) is 0 Å². The van der Waals surface area contributed by atoms with Crippen molar-refractivity contribution >= 4 is 41.5 Å². The number of hydrogen-bond donors (Lipinski definition) is 2. The fourth-order valence-corrected chi connectivity index (χ4v) is 3.72. The number of guanidine groups is 1. The lowest BCUT2D eigenvalue weighted by molar-refractivity contribution is -0.129. The van der Waals surface area contributed by atoms with Crippen LogP contribution in [0.5, 0.6) is 0 Å². The Balaban J connectivity index is 0.00000320. The van der Waals surface area contributed by atoms with Crippen molar-refractivity contribution in [2.45, 2.75) is 39.3 Å². The maximum Gasteiger partial charge on any atom is 0.222 e. The highest BCUT2D eigenvalue weighted by Gasteiger charge is 2.25. The van der Waals surface area contributed by atoms with Crippen molar-refractivity contribution < 1.29 is 13.9 Å². The van der Waals surface area contributed by atoms with Gasteiger partial charge in [-0.3, -0.25) is 4.79 Å². The first-order valence-corrected chi connectivity index (χ1v) is 10.5. The number of morpholine rings is 1. The summed E-state index contributed by atoms with van der Waals surface area (Å²) < 4.78 is 19.9. The summed E-state index contributed by atoms with van der Waals surface area (Å²) in [6.07, 6.45) is 1.44. The van der Waals surface area contributed by atoms with Crippen molar-refractivity contribution in [1.82, 2.24) is 15.5 Å². The number of hydrogen-bond acceptors (Lipinski definition) is 4. The molecule has 1 amide bonds. The van der Waals surface area contributed by atoms with Crippen LogP contribution in [0, 0.1) is 5.82 Å². The standard InChI is InChI=1S/C21H32FN5O2.HI/c1-3-20(28)27-8-7-17(15-27)25-21(23-4-2)24-14-16-5-6-19(18(22)13-16)26-9-11-29-12-10-26;/h5-6,13,17H,3-4,7-12,14-15H2,1-2H3,(H2,23,24,25);1H. The Morgan fingerprint density at radius 1 is 1.27 bits per heavy atom. The molecule has 2 fully saturated rings. The van der Waals surface area contributed by atoms with Gasteiger partial charge in [0.25, 0.3) is 0 Å². The molecule has 3 rings (SSSR count). The minimum atomic E-state index is -0.220. The molecular weight excluding hydrogens is 500 g/mol. The van der Waals surface area contributed by atoms with Gasteiger partial charge in [0, 0.05) is 45.2 Å². The third kappa shape index (κ3) is 6.69. The highest BCUT2D eigenvalue weighted by molar-refractivity contribution is 14.0. The maximum atomic E-state index is 14.6. The summed E-state index contributed by atoms with van der Waals surface area (Å²) in [6.45, 7) is 9.17. The number of anilines is 1.